The smallest absolute Gasteiger partial charge is 0.261 e. The zero-order chi connectivity index (χ0) is 20.3. The van der Waals surface area contributed by atoms with Gasteiger partial charge in [0.05, 0.1) is 16.0 Å². The van der Waals surface area contributed by atoms with Crippen molar-refractivity contribution in [3.8, 4) is 0 Å². The van der Waals surface area contributed by atoms with Gasteiger partial charge in [0.2, 0.25) is 0 Å². The molecule has 6 nitrogen and oxygen atoms in total. The number of para-hydroxylation sites is 2. The molecule has 7 heteroatoms. The second kappa shape index (κ2) is 7.73. The van der Waals surface area contributed by atoms with Gasteiger partial charge >= 0.3 is 0 Å². The molecule has 1 heterocycles. The lowest BCUT2D eigenvalue weighted by Gasteiger charge is -2.10. The van der Waals surface area contributed by atoms with Crippen LogP contribution in [-0.4, -0.2) is 19.3 Å². The number of carbonyl (C=O) groups excluding carboxylic acids is 1. The van der Waals surface area contributed by atoms with Crippen LogP contribution in [0.25, 0.3) is 10.9 Å². The summed E-state index contributed by atoms with van der Waals surface area (Å²) in [5, 5.41) is 3.65. The molecular formula is C22H17N3O3S. The van der Waals surface area contributed by atoms with Crippen molar-refractivity contribution in [2.45, 2.75) is 4.90 Å². The van der Waals surface area contributed by atoms with Crippen LogP contribution in [0.4, 0.5) is 11.4 Å². The van der Waals surface area contributed by atoms with Crippen LogP contribution in [0, 0.1) is 0 Å². The molecule has 0 saturated heterocycles. The maximum absolute atomic E-state index is 12.7. The molecule has 4 rings (SSSR count). The minimum atomic E-state index is -3.71. The molecule has 0 radical (unpaired) electrons. The minimum Gasteiger partial charge on any atom is -0.322 e. The third-order valence-corrected chi connectivity index (χ3v) is 5.72. The third kappa shape index (κ3) is 4.09. The number of hydrogen-bond donors (Lipinski definition) is 2. The molecule has 0 atom stereocenters. The van der Waals surface area contributed by atoms with Crippen molar-refractivity contribution in [2.24, 2.45) is 0 Å². The maximum Gasteiger partial charge on any atom is 0.261 e. The summed E-state index contributed by atoms with van der Waals surface area (Å²) in [5.74, 6) is -0.313. The van der Waals surface area contributed by atoms with E-state index in [-0.39, 0.29) is 10.8 Å². The molecule has 0 fully saturated rings. The first kappa shape index (κ1) is 18.6. The first-order valence-electron chi connectivity index (χ1n) is 8.86. The zero-order valence-corrected chi connectivity index (χ0v) is 16.1. The highest BCUT2D eigenvalue weighted by molar-refractivity contribution is 7.92. The summed E-state index contributed by atoms with van der Waals surface area (Å²) in [6, 6.07) is 23.7. The van der Waals surface area contributed by atoms with Gasteiger partial charge in [0.15, 0.2) is 0 Å². The number of aromatic nitrogens is 1. The fourth-order valence-corrected chi connectivity index (χ4v) is 3.98. The summed E-state index contributed by atoms with van der Waals surface area (Å²) in [6.07, 6.45) is 1.64. The predicted octanol–water partition coefficient (Wildman–Crippen LogP) is 4.29. The Kier molecular flexibility index (Phi) is 4.97. The molecule has 29 heavy (non-hydrogen) atoms. The van der Waals surface area contributed by atoms with E-state index in [1.165, 1.54) is 12.1 Å². The van der Waals surface area contributed by atoms with E-state index in [0.29, 0.717) is 22.5 Å². The van der Waals surface area contributed by atoms with Gasteiger partial charge in [0, 0.05) is 23.0 Å². The van der Waals surface area contributed by atoms with Crippen molar-refractivity contribution in [1.29, 1.82) is 0 Å². The maximum atomic E-state index is 12.7. The van der Waals surface area contributed by atoms with Gasteiger partial charge in [0.25, 0.3) is 15.9 Å². The minimum absolute atomic E-state index is 0.103. The van der Waals surface area contributed by atoms with Crippen LogP contribution in [-0.2, 0) is 10.0 Å². The molecular weight excluding hydrogens is 386 g/mol. The highest BCUT2D eigenvalue weighted by Crippen LogP contribution is 2.20. The van der Waals surface area contributed by atoms with Crippen LogP contribution in [0.15, 0.2) is 96.0 Å². The SMILES string of the molecule is O=C(Nc1ccc(S(=O)(=O)Nc2ccccc2)cc1)c1cccc2cccnc12. The largest absolute Gasteiger partial charge is 0.322 e. The lowest BCUT2D eigenvalue weighted by molar-refractivity contribution is 0.102. The van der Waals surface area contributed by atoms with E-state index < -0.39 is 10.0 Å². The van der Waals surface area contributed by atoms with Crippen molar-refractivity contribution in [3.05, 3.63) is 96.7 Å². The monoisotopic (exact) mass is 403 g/mol. The number of fused-ring (bicyclic) bond motifs is 1. The molecule has 3 aromatic carbocycles. The van der Waals surface area contributed by atoms with Gasteiger partial charge in [0.1, 0.15) is 0 Å². The average Bonchev–Trinajstić information content (AvgIpc) is 2.74. The van der Waals surface area contributed by atoms with Crippen molar-refractivity contribution >= 4 is 38.2 Å². The van der Waals surface area contributed by atoms with Crippen molar-refractivity contribution in [2.75, 3.05) is 10.0 Å². The Balaban J connectivity index is 1.53. The summed E-state index contributed by atoms with van der Waals surface area (Å²) >= 11 is 0. The van der Waals surface area contributed by atoms with E-state index in [4.69, 9.17) is 0 Å². The van der Waals surface area contributed by atoms with Crippen LogP contribution >= 0.6 is 0 Å². The van der Waals surface area contributed by atoms with Gasteiger partial charge in [-0.15, -0.1) is 0 Å². The van der Waals surface area contributed by atoms with E-state index in [9.17, 15) is 13.2 Å². The number of amides is 1. The number of benzene rings is 3. The van der Waals surface area contributed by atoms with Crippen LogP contribution in [0.2, 0.25) is 0 Å². The van der Waals surface area contributed by atoms with Gasteiger partial charge in [-0.25, -0.2) is 8.42 Å². The van der Waals surface area contributed by atoms with Gasteiger partial charge in [-0.2, -0.15) is 0 Å². The molecule has 1 amide bonds. The number of carbonyl (C=O) groups is 1. The number of nitrogens with zero attached hydrogens (tertiary/aromatic N) is 1. The van der Waals surface area contributed by atoms with Gasteiger partial charge in [-0.05, 0) is 48.5 Å². The second-order valence-corrected chi connectivity index (χ2v) is 8.01. The third-order valence-electron chi connectivity index (χ3n) is 4.33. The van der Waals surface area contributed by atoms with Gasteiger partial charge in [-0.1, -0.05) is 36.4 Å². The topological polar surface area (TPSA) is 88.2 Å². The Morgan fingerprint density at radius 2 is 1.48 bits per heavy atom. The molecule has 2 N–H and O–H groups in total. The zero-order valence-electron chi connectivity index (χ0n) is 15.2. The van der Waals surface area contributed by atoms with Crippen LogP contribution < -0.4 is 10.0 Å². The van der Waals surface area contributed by atoms with Crippen LogP contribution in [0.5, 0.6) is 0 Å². The highest BCUT2D eigenvalue weighted by atomic mass is 32.2. The fourth-order valence-electron chi connectivity index (χ4n) is 2.92. The first-order valence-corrected chi connectivity index (χ1v) is 10.3. The van der Waals surface area contributed by atoms with Crippen LogP contribution in [0.3, 0.4) is 0 Å². The molecule has 144 valence electrons. The van der Waals surface area contributed by atoms with Crippen LogP contribution in [0.1, 0.15) is 10.4 Å². The molecule has 0 aliphatic carbocycles. The number of sulfonamides is 1. The normalized spacial score (nSPS) is 11.2. The first-order chi connectivity index (χ1) is 14.0. The van der Waals surface area contributed by atoms with Crippen molar-refractivity contribution in [1.82, 2.24) is 4.98 Å². The lowest BCUT2D eigenvalue weighted by atomic mass is 10.1. The summed E-state index contributed by atoms with van der Waals surface area (Å²) in [5.41, 5.74) is 2.03. The molecule has 0 aliphatic rings. The Labute approximate surface area is 168 Å². The number of nitrogens with one attached hydrogen (secondary N) is 2. The average molecular weight is 403 g/mol. The van der Waals surface area contributed by atoms with E-state index in [1.807, 2.05) is 18.2 Å². The predicted molar refractivity (Wildman–Crippen MR) is 113 cm³/mol. The molecule has 4 aromatic rings. The summed E-state index contributed by atoms with van der Waals surface area (Å²) in [4.78, 5) is 17.1. The fraction of sp³-hybridized carbons (Fsp3) is 0. The van der Waals surface area contributed by atoms with Crippen molar-refractivity contribution < 1.29 is 13.2 Å². The van der Waals surface area contributed by atoms with E-state index in [2.05, 4.69) is 15.0 Å². The number of pyridine rings is 1. The second-order valence-electron chi connectivity index (χ2n) is 6.33. The summed E-state index contributed by atoms with van der Waals surface area (Å²) in [6.45, 7) is 0. The Bertz CT molecular complexity index is 1270. The number of hydrogen-bond acceptors (Lipinski definition) is 4. The number of rotatable bonds is 5. The quantitative estimate of drug-likeness (QED) is 0.520. The molecule has 1 aromatic heterocycles. The van der Waals surface area contributed by atoms with Gasteiger partial charge in [-0.3, -0.25) is 14.5 Å². The Morgan fingerprint density at radius 1 is 0.759 bits per heavy atom. The summed E-state index contributed by atoms with van der Waals surface area (Å²) < 4.78 is 27.5. The van der Waals surface area contributed by atoms with E-state index in [1.54, 1.807) is 60.8 Å². The molecule has 0 saturated carbocycles. The Hall–Kier alpha value is -3.71. The van der Waals surface area contributed by atoms with Gasteiger partial charge < -0.3 is 5.32 Å². The molecule has 0 aliphatic heterocycles. The molecule has 0 bridgehead atoms. The molecule has 0 spiro atoms. The van der Waals surface area contributed by atoms with Crippen molar-refractivity contribution in [3.63, 3.8) is 0 Å². The standard InChI is InChI=1S/C22H17N3O3S/c26-22(20-10-4-6-16-7-5-15-23-21(16)20)24-17-11-13-19(14-12-17)29(27,28)25-18-8-2-1-3-9-18/h1-15,25H,(H,24,26). The highest BCUT2D eigenvalue weighted by Gasteiger charge is 2.15. The summed E-state index contributed by atoms with van der Waals surface area (Å²) in [7, 11) is -3.71. The molecule has 0 unspecified atom stereocenters. The number of anilines is 2. The van der Waals surface area contributed by atoms with E-state index >= 15 is 0 Å². The van der Waals surface area contributed by atoms with E-state index in [0.717, 1.165) is 5.39 Å². The Morgan fingerprint density at radius 3 is 2.24 bits per heavy atom. The lowest BCUT2D eigenvalue weighted by Crippen LogP contribution is -2.14.